The van der Waals surface area contributed by atoms with E-state index in [2.05, 4.69) is 5.32 Å². The molecule has 2 bridgehead atoms. The average Bonchev–Trinajstić information content (AvgIpc) is 2.77. The van der Waals surface area contributed by atoms with Crippen LogP contribution in [0.3, 0.4) is 0 Å². The van der Waals surface area contributed by atoms with Crippen molar-refractivity contribution in [2.45, 2.75) is 44.4 Å². The molecule has 3 rings (SSSR count). The zero-order chi connectivity index (χ0) is 14.8. The van der Waals surface area contributed by atoms with Crippen LogP contribution in [0.2, 0.25) is 5.02 Å². The third-order valence-electron chi connectivity index (χ3n) is 4.29. The number of nitrogens with one attached hydrogen (secondary N) is 1. The van der Waals surface area contributed by atoms with E-state index in [9.17, 15) is 4.79 Å². The van der Waals surface area contributed by atoms with Crippen LogP contribution < -0.4 is 10.1 Å². The molecule has 1 aromatic rings. The second-order valence-electron chi connectivity index (χ2n) is 5.93. The van der Waals surface area contributed by atoms with Crippen molar-refractivity contribution >= 4 is 29.9 Å². The predicted molar refractivity (Wildman–Crippen MR) is 89.9 cm³/mol. The number of likely N-dealkylation sites (tertiary alicyclic amines) is 1. The third kappa shape index (κ3) is 4.06. The Morgan fingerprint density at radius 2 is 2.14 bits per heavy atom. The predicted octanol–water partition coefficient (Wildman–Crippen LogP) is 2.88. The molecular weight excluding hydrogens is 323 g/mol. The first-order chi connectivity index (χ1) is 10.1. The highest BCUT2D eigenvalue weighted by atomic mass is 35.5. The van der Waals surface area contributed by atoms with Crippen molar-refractivity contribution in [3.63, 3.8) is 0 Å². The van der Waals surface area contributed by atoms with Gasteiger partial charge in [0.15, 0.2) is 6.10 Å². The molecule has 2 fully saturated rings. The number of benzene rings is 1. The van der Waals surface area contributed by atoms with Crippen LogP contribution >= 0.6 is 24.0 Å². The first-order valence-electron chi connectivity index (χ1n) is 7.59. The zero-order valence-corrected chi connectivity index (χ0v) is 14.2. The smallest absolute Gasteiger partial charge is 0.263 e. The summed E-state index contributed by atoms with van der Waals surface area (Å²) in [5.74, 6) is 0.696. The minimum Gasteiger partial charge on any atom is -0.481 e. The average molecular weight is 345 g/mol. The van der Waals surface area contributed by atoms with Gasteiger partial charge in [0.1, 0.15) is 5.75 Å². The summed E-state index contributed by atoms with van der Waals surface area (Å²) in [6.45, 7) is 3.41. The fraction of sp³-hybridized carbons (Fsp3) is 0.562. The summed E-state index contributed by atoms with van der Waals surface area (Å²) in [6, 6.07) is 8.19. The molecule has 3 atom stereocenters. The monoisotopic (exact) mass is 344 g/mol. The van der Waals surface area contributed by atoms with Crippen LogP contribution in [-0.4, -0.2) is 42.1 Å². The molecule has 0 aromatic heterocycles. The second-order valence-corrected chi connectivity index (χ2v) is 6.36. The van der Waals surface area contributed by atoms with Gasteiger partial charge in [0.05, 0.1) is 0 Å². The van der Waals surface area contributed by atoms with Gasteiger partial charge in [-0.05, 0) is 44.4 Å². The van der Waals surface area contributed by atoms with E-state index in [0.29, 0.717) is 22.9 Å². The summed E-state index contributed by atoms with van der Waals surface area (Å²) in [5, 5.41) is 4.20. The van der Waals surface area contributed by atoms with Crippen LogP contribution in [0.5, 0.6) is 5.75 Å². The van der Waals surface area contributed by atoms with Gasteiger partial charge in [0, 0.05) is 30.2 Å². The Kier molecular flexibility index (Phi) is 5.95. The molecule has 4 nitrogen and oxygen atoms in total. The van der Waals surface area contributed by atoms with Gasteiger partial charge in [0.25, 0.3) is 5.91 Å². The molecule has 1 N–H and O–H groups in total. The van der Waals surface area contributed by atoms with Gasteiger partial charge in [-0.2, -0.15) is 0 Å². The third-order valence-corrected chi connectivity index (χ3v) is 4.53. The van der Waals surface area contributed by atoms with E-state index in [0.717, 1.165) is 25.9 Å². The molecule has 0 aliphatic carbocycles. The summed E-state index contributed by atoms with van der Waals surface area (Å²) in [6.07, 6.45) is 2.95. The summed E-state index contributed by atoms with van der Waals surface area (Å²) < 4.78 is 5.74. The van der Waals surface area contributed by atoms with Crippen LogP contribution in [-0.2, 0) is 4.79 Å². The van der Waals surface area contributed by atoms with Crippen molar-refractivity contribution < 1.29 is 9.53 Å². The number of nitrogens with zero attached hydrogens (tertiary/aromatic N) is 1. The highest BCUT2D eigenvalue weighted by Crippen LogP contribution is 2.22. The molecule has 2 heterocycles. The maximum atomic E-state index is 12.6. The number of halogens is 2. The molecule has 22 heavy (non-hydrogen) atoms. The van der Waals surface area contributed by atoms with Gasteiger partial charge in [-0.1, -0.05) is 17.7 Å². The molecule has 6 heteroatoms. The van der Waals surface area contributed by atoms with Gasteiger partial charge >= 0.3 is 0 Å². The number of carbonyl (C=O) groups excluding carboxylic acids is 1. The molecule has 2 aliphatic heterocycles. The topological polar surface area (TPSA) is 41.6 Å². The van der Waals surface area contributed by atoms with Crippen molar-refractivity contribution in [2.75, 3.05) is 13.1 Å². The minimum atomic E-state index is -0.486. The molecule has 2 aliphatic rings. The van der Waals surface area contributed by atoms with Gasteiger partial charge in [-0.25, -0.2) is 0 Å². The second kappa shape index (κ2) is 7.53. The summed E-state index contributed by atoms with van der Waals surface area (Å²) in [7, 11) is 0. The SMILES string of the molecule is CC(Oc1cccc(Cl)c1)C(=O)N1CCC2CCC(C1)N2.Cl. The first kappa shape index (κ1) is 17.4. The maximum Gasteiger partial charge on any atom is 0.263 e. The molecule has 2 saturated heterocycles. The quantitative estimate of drug-likeness (QED) is 0.916. The maximum absolute atomic E-state index is 12.6. The fourth-order valence-corrected chi connectivity index (χ4v) is 3.38. The Bertz CT molecular complexity index is 527. The van der Waals surface area contributed by atoms with Crippen molar-refractivity contribution in [1.29, 1.82) is 0 Å². The zero-order valence-electron chi connectivity index (χ0n) is 12.6. The lowest BCUT2D eigenvalue weighted by molar-refractivity contribution is -0.138. The molecule has 0 saturated carbocycles. The van der Waals surface area contributed by atoms with Crippen molar-refractivity contribution in [3.8, 4) is 5.75 Å². The number of amides is 1. The normalized spacial score (nSPS) is 25.1. The molecule has 1 amide bonds. The van der Waals surface area contributed by atoms with Crippen molar-refractivity contribution in [3.05, 3.63) is 29.3 Å². The largest absolute Gasteiger partial charge is 0.481 e. The van der Waals surface area contributed by atoms with E-state index < -0.39 is 6.10 Å². The minimum absolute atomic E-state index is 0. The summed E-state index contributed by atoms with van der Waals surface area (Å²) >= 11 is 5.94. The van der Waals surface area contributed by atoms with Crippen molar-refractivity contribution in [2.24, 2.45) is 0 Å². The van der Waals surface area contributed by atoms with Crippen LogP contribution in [0.25, 0.3) is 0 Å². The molecule has 1 aromatic carbocycles. The Hall–Kier alpha value is -0.970. The van der Waals surface area contributed by atoms with E-state index in [1.54, 1.807) is 19.1 Å². The Morgan fingerprint density at radius 3 is 2.91 bits per heavy atom. The van der Waals surface area contributed by atoms with Gasteiger partial charge < -0.3 is 15.0 Å². The lowest BCUT2D eigenvalue weighted by atomic mass is 10.1. The molecule has 122 valence electrons. The van der Waals surface area contributed by atoms with Crippen LogP contribution in [0.15, 0.2) is 24.3 Å². The first-order valence-corrected chi connectivity index (χ1v) is 7.96. The molecule has 0 radical (unpaired) electrons. The number of fused-ring (bicyclic) bond motifs is 2. The Morgan fingerprint density at radius 1 is 1.36 bits per heavy atom. The van der Waals surface area contributed by atoms with Crippen LogP contribution in [0.1, 0.15) is 26.2 Å². The highest BCUT2D eigenvalue weighted by Gasteiger charge is 2.32. The number of hydrogen-bond acceptors (Lipinski definition) is 3. The van der Waals surface area contributed by atoms with E-state index in [1.165, 1.54) is 6.42 Å². The fourth-order valence-electron chi connectivity index (χ4n) is 3.20. The lowest BCUT2D eigenvalue weighted by Crippen LogP contribution is -2.44. The van der Waals surface area contributed by atoms with E-state index in [1.807, 2.05) is 17.0 Å². The Balaban J connectivity index is 0.00000176. The molecular formula is C16H22Cl2N2O2. The van der Waals surface area contributed by atoms with E-state index in [4.69, 9.17) is 16.3 Å². The standard InChI is InChI=1S/C16H21ClN2O2.ClH/c1-11(21-15-4-2-3-12(17)9-15)16(20)19-8-7-13-5-6-14(10-19)18-13;/h2-4,9,11,13-14,18H,5-8,10H2,1H3;1H. The summed E-state index contributed by atoms with van der Waals surface area (Å²) in [4.78, 5) is 14.5. The number of carbonyl (C=O) groups is 1. The Labute approximate surface area is 142 Å². The van der Waals surface area contributed by atoms with Gasteiger partial charge in [-0.15, -0.1) is 12.4 Å². The number of ether oxygens (including phenoxy) is 1. The van der Waals surface area contributed by atoms with Crippen molar-refractivity contribution in [1.82, 2.24) is 10.2 Å². The molecule has 0 spiro atoms. The number of hydrogen-bond donors (Lipinski definition) is 1. The van der Waals surface area contributed by atoms with E-state index in [-0.39, 0.29) is 18.3 Å². The number of rotatable bonds is 3. The van der Waals surface area contributed by atoms with Gasteiger partial charge in [-0.3, -0.25) is 4.79 Å². The van der Waals surface area contributed by atoms with Crippen LogP contribution in [0, 0.1) is 0 Å². The lowest BCUT2D eigenvalue weighted by Gasteiger charge is -2.27. The highest BCUT2D eigenvalue weighted by molar-refractivity contribution is 6.30. The van der Waals surface area contributed by atoms with Gasteiger partial charge in [0.2, 0.25) is 0 Å². The summed E-state index contributed by atoms with van der Waals surface area (Å²) in [5.41, 5.74) is 0. The molecule has 3 unspecified atom stereocenters. The van der Waals surface area contributed by atoms with Crippen LogP contribution in [0.4, 0.5) is 0 Å². The van der Waals surface area contributed by atoms with E-state index >= 15 is 0 Å².